The Hall–Kier alpha value is -2.17. The summed E-state index contributed by atoms with van der Waals surface area (Å²) in [5.41, 5.74) is 9.51. The van der Waals surface area contributed by atoms with Gasteiger partial charge < -0.3 is 20.6 Å². The Kier molecular flexibility index (Phi) is 10.7. The number of aromatic nitrogens is 1. The van der Waals surface area contributed by atoms with Crippen molar-refractivity contribution in [2.45, 2.75) is 89.3 Å². The molecule has 2 aromatic rings. The fourth-order valence-electron chi connectivity index (χ4n) is 5.67. The fraction of sp³-hybridized carbons (Fsp3) is 0.586. The van der Waals surface area contributed by atoms with Gasteiger partial charge in [0.15, 0.2) is 0 Å². The molecule has 5 N–H and O–H groups in total. The molecule has 4 rings (SSSR count). The number of aryl methyl sites for hydroxylation is 2. The number of nitrogens with zero attached hydrogens (tertiary/aromatic N) is 3. The molecule has 0 amide bonds. The van der Waals surface area contributed by atoms with Crippen LogP contribution >= 0.6 is 22.9 Å². The van der Waals surface area contributed by atoms with Gasteiger partial charge in [-0.3, -0.25) is 9.69 Å². The minimum atomic E-state index is -0.789. The normalized spacial score (nSPS) is 24.6. The number of ether oxygens (including phenoxy) is 1. The standard InChI is InChI=1S/C29H42ClN5O3S/c1-19-20(2)39-29(33-19)22-8-12-24(13-9-22)35-17-27(26(31)16-34(32)14-4-3-5-28(36)37)38-18-25(35)15-21-6-10-23(30)11-7-21/h6-7,10-11,16,22,24-25,27H,3-5,8-9,12-15,17-18,31-32H2,1-2H3,(H,36,37)/b26-16-. The average molecular weight is 576 g/mol. The molecule has 1 aliphatic carbocycles. The first-order chi connectivity index (χ1) is 18.7. The lowest BCUT2D eigenvalue weighted by molar-refractivity contribution is -0.137. The summed E-state index contributed by atoms with van der Waals surface area (Å²) >= 11 is 7.98. The van der Waals surface area contributed by atoms with Gasteiger partial charge in [-0.25, -0.2) is 10.8 Å². The highest BCUT2D eigenvalue weighted by atomic mass is 35.5. The van der Waals surface area contributed by atoms with E-state index < -0.39 is 5.97 Å². The number of carbonyl (C=O) groups is 1. The van der Waals surface area contributed by atoms with Crippen molar-refractivity contribution in [1.29, 1.82) is 0 Å². The monoisotopic (exact) mass is 575 g/mol. The predicted octanol–water partition coefficient (Wildman–Crippen LogP) is 4.98. The minimum absolute atomic E-state index is 0.146. The summed E-state index contributed by atoms with van der Waals surface area (Å²) in [7, 11) is 0. The summed E-state index contributed by atoms with van der Waals surface area (Å²) in [5.74, 6) is 5.90. The molecule has 0 bridgehead atoms. The molecule has 1 aromatic heterocycles. The van der Waals surface area contributed by atoms with Crippen LogP contribution in [-0.2, 0) is 16.0 Å². The van der Waals surface area contributed by atoms with Gasteiger partial charge in [-0.2, -0.15) is 0 Å². The van der Waals surface area contributed by atoms with Crippen molar-refractivity contribution in [3.05, 3.63) is 62.3 Å². The van der Waals surface area contributed by atoms with Crippen molar-refractivity contribution < 1.29 is 14.6 Å². The quantitative estimate of drug-likeness (QED) is 0.195. The lowest BCUT2D eigenvalue weighted by Gasteiger charge is -2.46. The maximum Gasteiger partial charge on any atom is 0.303 e. The van der Waals surface area contributed by atoms with Crippen LogP contribution in [0.4, 0.5) is 0 Å². The number of carboxylic acid groups (broad SMARTS) is 1. The van der Waals surface area contributed by atoms with Crippen molar-refractivity contribution in [1.82, 2.24) is 14.9 Å². The summed E-state index contributed by atoms with van der Waals surface area (Å²) in [6.45, 7) is 6.12. The van der Waals surface area contributed by atoms with Crippen LogP contribution < -0.4 is 11.6 Å². The minimum Gasteiger partial charge on any atom is -0.481 e. The van der Waals surface area contributed by atoms with Gasteiger partial charge in [-0.1, -0.05) is 23.7 Å². The topological polar surface area (TPSA) is 118 Å². The van der Waals surface area contributed by atoms with Crippen LogP contribution in [0.1, 0.15) is 72.0 Å². The van der Waals surface area contributed by atoms with E-state index in [4.69, 9.17) is 38.0 Å². The average Bonchev–Trinajstić information content (AvgIpc) is 3.26. The van der Waals surface area contributed by atoms with Crippen molar-refractivity contribution in [3.63, 3.8) is 0 Å². The molecule has 0 spiro atoms. The van der Waals surface area contributed by atoms with E-state index in [0.717, 1.165) is 49.4 Å². The van der Waals surface area contributed by atoms with Crippen LogP contribution in [0.2, 0.25) is 5.02 Å². The largest absolute Gasteiger partial charge is 0.481 e. The van der Waals surface area contributed by atoms with Gasteiger partial charge in [0.25, 0.3) is 0 Å². The van der Waals surface area contributed by atoms with E-state index in [1.54, 1.807) is 11.2 Å². The van der Waals surface area contributed by atoms with E-state index in [0.29, 0.717) is 43.7 Å². The summed E-state index contributed by atoms with van der Waals surface area (Å²) in [4.78, 5) is 19.5. The maximum absolute atomic E-state index is 10.7. The second-order valence-electron chi connectivity index (χ2n) is 10.9. The molecule has 2 atom stereocenters. The Morgan fingerprint density at radius 2 is 1.95 bits per heavy atom. The number of halogens is 1. The number of benzene rings is 1. The van der Waals surface area contributed by atoms with E-state index in [-0.39, 0.29) is 18.6 Å². The van der Waals surface area contributed by atoms with E-state index in [1.807, 2.05) is 23.5 Å². The summed E-state index contributed by atoms with van der Waals surface area (Å²) in [6.07, 6.45) is 8.36. The summed E-state index contributed by atoms with van der Waals surface area (Å²) in [5, 5.41) is 12.4. The molecule has 2 heterocycles. The molecular formula is C29H42ClN5O3S. The number of hydrogen-bond acceptors (Lipinski definition) is 8. The summed E-state index contributed by atoms with van der Waals surface area (Å²) < 4.78 is 6.30. The predicted molar refractivity (Wildman–Crippen MR) is 157 cm³/mol. The molecule has 1 saturated heterocycles. The molecule has 214 valence electrons. The number of unbranched alkanes of at least 4 members (excludes halogenated alkanes) is 1. The van der Waals surface area contributed by atoms with Gasteiger partial charge >= 0.3 is 5.97 Å². The van der Waals surface area contributed by atoms with Crippen molar-refractivity contribution in [3.8, 4) is 0 Å². The SMILES string of the molecule is Cc1nc(C2CCC(N3CC(/C(N)=C/N(N)CCCCC(=O)O)OCC3Cc3ccc(Cl)cc3)CC2)sc1C. The fourth-order valence-corrected chi connectivity index (χ4v) is 6.89. The first-order valence-electron chi connectivity index (χ1n) is 14.0. The molecule has 10 heteroatoms. The zero-order valence-electron chi connectivity index (χ0n) is 23.0. The van der Waals surface area contributed by atoms with Crippen LogP contribution in [0.3, 0.4) is 0 Å². The Bertz CT molecular complexity index is 1100. The number of nitrogens with two attached hydrogens (primary N) is 2. The third kappa shape index (κ3) is 8.41. The van der Waals surface area contributed by atoms with Crippen LogP contribution in [-0.4, -0.2) is 63.9 Å². The first-order valence-corrected chi connectivity index (χ1v) is 15.1. The molecule has 39 heavy (non-hydrogen) atoms. The summed E-state index contributed by atoms with van der Waals surface area (Å²) in [6, 6.07) is 8.81. The van der Waals surface area contributed by atoms with Gasteiger partial charge in [0.05, 0.1) is 23.0 Å². The van der Waals surface area contributed by atoms with Gasteiger partial charge in [0.2, 0.25) is 0 Å². The molecular weight excluding hydrogens is 534 g/mol. The molecule has 2 unspecified atom stereocenters. The highest BCUT2D eigenvalue weighted by Crippen LogP contribution is 2.38. The third-order valence-electron chi connectivity index (χ3n) is 8.02. The van der Waals surface area contributed by atoms with E-state index in [1.165, 1.54) is 15.4 Å². The smallest absolute Gasteiger partial charge is 0.303 e. The van der Waals surface area contributed by atoms with Crippen LogP contribution in [0.15, 0.2) is 36.2 Å². The number of thiazole rings is 1. The maximum atomic E-state index is 10.7. The molecule has 1 aromatic carbocycles. The van der Waals surface area contributed by atoms with Crippen LogP contribution in [0.5, 0.6) is 0 Å². The number of carboxylic acids is 1. The second kappa shape index (κ2) is 13.9. The molecule has 0 radical (unpaired) electrons. The highest BCUT2D eigenvalue weighted by molar-refractivity contribution is 7.11. The molecule has 8 nitrogen and oxygen atoms in total. The Morgan fingerprint density at radius 3 is 2.59 bits per heavy atom. The zero-order valence-corrected chi connectivity index (χ0v) is 24.6. The Morgan fingerprint density at radius 1 is 1.23 bits per heavy atom. The highest BCUT2D eigenvalue weighted by Gasteiger charge is 2.37. The number of hydrogen-bond donors (Lipinski definition) is 3. The van der Waals surface area contributed by atoms with Gasteiger partial charge in [-0.15, -0.1) is 11.3 Å². The van der Waals surface area contributed by atoms with Gasteiger partial charge in [0, 0.05) is 53.6 Å². The van der Waals surface area contributed by atoms with Crippen LogP contribution in [0.25, 0.3) is 0 Å². The van der Waals surface area contributed by atoms with Crippen LogP contribution in [0, 0.1) is 13.8 Å². The van der Waals surface area contributed by atoms with E-state index in [2.05, 4.69) is 30.9 Å². The second-order valence-corrected chi connectivity index (χ2v) is 12.6. The molecule has 2 aliphatic rings. The third-order valence-corrected chi connectivity index (χ3v) is 9.51. The lowest BCUT2D eigenvalue weighted by Crippen LogP contribution is -2.56. The molecule has 1 aliphatic heterocycles. The van der Waals surface area contributed by atoms with Crippen molar-refractivity contribution >= 4 is 28.9 Å². The first kappa shape index (κ1) is 29.8. The number of rotatable bonds is 11. The number of morpholine rings is 1. The van der Waals surface area contributed by atoms with Crippen molar-refractivity contribution in [2.75, 3.05) is 19.7 Å². The number of aliphatic carboxylic acids is 1. The molecule has 2 fully saturated rings. The van der Waals surface area contributed by atoms with Gasteiger partial charge in [-0.05, 0) is 76.5 Å². The zero-order chi connectivity index (χ0) is 27.9. The lowest BCUT2D eigenvalue weighted by atomic mass is 9.84. The van der Waals surface area contributed by atoms with Crippen molar-refractivity contribution in [2.24, 2.45) is 11.6 Å². The van der Waals surface area contributed by atoms with E-state index >= 15 is 0 Å². The molecule has 1 saturated carbocycles. The van der Waals surface area contributed by atoms with Gasteiger partial charge in [0.1, 0.15) is 6.10 Å². The Balaban J connectivity index is 1.41. The Labute approximate surface area is 240 Å². The number of hydrazine groups is 1. The van der Waals surface area contributed by atoms with E-state index in [9.17, 15) is 4.79 Å².